The molecule has 0 amide bonds. The molecule has 4 heterocycles. The number of thiophene rings is 1. The van der Waals surface area contributed by atoms with E-state index in [0.29, 0.717) is 6.67 Å². The fourth-order valence-electron chi connectivity index (χ4n) is 11.8. The van der Waals surface area contributed by atoms with Crippen LogP contribution in [-0.4, -0.2) is 16.2 Å². The molecular weight excluding hydrogens is 993 g/mol. The highest BCUT2D eigenvalue weighted by atomic mass is 32.1. The maximum Gasteiger partial charge on any atom is 0.137 e. The Bertz CT molecular complexity index is 4420. The highest BCUT2D eigenvalue weighted by molar-refractivity contribution is 7.27. The number of hydrogen-bond acceptors (Lipinski definition) is 5. The number of benzene rings is 10. The van der Waals surface area contributed by atoms with Crippen LogP contribution in [0, 0.1) is 0 Å². The Kier molecular flexibility index (Phi) is 11.8. The molecule has 0 unspecified atom stereocenters. The molecule has 0 N–H and O–H groups in total. The summed E-state index contributed by atoms with van der Waals surface area (Å²) in [5, 5.41) is 4.90. The van der Waals surface area contributed by atoms with Gasteiger partial charge >= 0.3 is 0 Å². The molecule has 14 rings (SSSR count). The fraction of sp³-hybridized carbons (Fsp3) is 0.122. The smallest absolute Gasteiger partial charge is 0.137 e. The molecule has 1 aliphatic rings. The predicted molar refractivity (Wildman–Crippen MR) is 339 cm³/mol. The minimum Gasteiger partial charge on any atom is -0.457 e. The second-order valence-electron chi connectivity index (χ2n) is 23.3. The quantitative estimate of drug-likeness (QED) is 0.144. The largest absolute Gasteiger partial charge is 0.457 e. The summed E-state index contributed by atoms with van der Waals surface area (Å²) in [5.74, 6) is 2.41. The van der Waals surface area contributed by atoms with Gasteiger partial charge in [0, 0.05) is 50.6 Å². The number of hydrogen-bond donors (Lipinski definition) is 0. The Balaban J connectivity index is 0.894. The third-order valence-corrected chi connectivity index (χ3v) is 17.2. The van der Waals surface area contributed by atoms with Gasteiger partial charge in [-0.2, -0.15) is 0 Å². The zero-order chi connectivity index (χ0) is 54.3. The molecule has 5 nitrogen and oxygen atoms in total. The van der Waals surface area contributed by atoms with E-state index in [1.54, 1.807) is 0 Å². The lowest BCUT2D eigenvalue weighted by Gasteiger charge is -2.30. The molecule has 0 bridgehead atoms. The highest BCUT2D eigenvalue weighted by Crippen LogP contribution is 2.53. The molecule has 388 valence electrons. The molecule has 0 atom stereocenters. The average molecular weight is 1050 g/mol. The number of fused-ring (bicyclic) bond motifs is 8. The Labute approximate surface area is 472 Å². The minimum atomic E-state index is -0.132. The van der Waals surface area contributed by atoms with Crippen molar-refractivity contribution in [3.63, 3.8) is 0 Å². The topological polar surface area (TPSA) is 33.5 Å². The molecule has 1 aliphatic heterocycles. The van der Waals surface area contributed by atoms with Gasteiger partial charge in [0.05, 0.1) is 32.8 Å². The lowest BCUT2D eigenvalue weighted by molar-refractivity contribution is 0.483. The van der Waals surface area contributed by atoms with Crippen LogP contribution in [0.2, 0.25) is 0 Å². The van der Waals surface area contributed by atoms with E-state index in [1.165, 1.54) is 92.1 Å². The van der Waals surface area contributed by atoms with Crippen molar-refractivity contribution in [2.45, 2.75) is 52.4 Å². The number of anilines is 4. The van der Waals surface area contributed by atoms with Crippen LogP contribution in [0.3, 0.4) is 0 Å². The van der Waals surface area contributed by atoms with Crippen LogP contribution in [-0.2, 0) is 10.8 Å². The molecule has 6 heteroatoms. The first-order chi connectivity index (χ1) is 38.9. The van der Waals surface area contributed by atoms with E-state index in [0.717, 1.165) is 45.6 Å². The van der Waals surface area contributed by atoms with E-state index in [-0.39, 0.29) is 10.8 Å². The summed E-state index contributed by atoms with van der Waals surface area (Å²) < 4.78 is 11.9. The Morgan fingerprint density at radius 3 is 1.71 bits per heavy atom. The lowest BCUT2D eigenvalue weighted by atomic mass is 9.81. The van der Waals surface area contributed by atoms with Crippen LogP contribution < -0.4 is 14.5 Å². The Hall–Kier alpha value is -9.23. The molecule has 0 aliphatic carbocycles. The first-order valence-electron chi connectivity index (χ1n) is 27.7. The summed E-state index contributed by atoms with van der Waals surface area (Å²) in [7, 11) is 0. The van der Waals surface area contributed by atoms with Crippen molar-refractivity contribution in [3.8, 4) is 61.8 Å². The molecule has 13 aromatic rings. The van der Waals surface area contributed by atoms with Crippen LogP contribution in [0.5, 0.6) is 11.5 Å². The van der Waals surface area contributed by atoms with Crippen LogP contribution in [0.15, 0.2) is 243 Å². The summed E-state index contributed by atoms with van der Waals surface area (Å²) in [6, 6.07) is 86.1. The van der Waals surface area contributed by atoms with Gasteiger partial charge in [0.2, 0.25) is 0 Å². The average Bonchev–Trinajstić information content (AvgIpc) is 3.79. The summed E-state index contributed by atoms with van der Waals surface area (Å²) in [5.41, 5.74) is 18.5. The standard InChI is InChI=1S/C74H60N4OS/c1-73(2,3)55-38-39-75-68(44-55)78-66-46-59(35-36-61(66)72-71(78)69-60-31-14-13-24-50(60)34-37-67(69)80-72)79-58-30-19-29-57(45-58)76-47-77(65-33-16-15-32-64(65)76)70-62(53-27-17-25-51(40-53)48-20-9-7-10-21-48)42-56(74(4,5)6)43-63(70)54-28-18-26-52(41-54)49-22-11-8-12-23-49/h7-46H,47H2,1-6H3. The number of para-hydroxylation sites is 2. The van der Waals surface area contributed by atoms with Crippen molar-refractivity contribution in [2.24, 2.45) is 0 Å². The van der Waals surface area contributed by atoms with Crippen LogP contribution in [0.25, 0.3) is 92.3 Å². The third-order valence-electron chi connectivity index (χ3n) is 16.0. The second kappa shape index (κ2) is 19.3. The summed E-state index contributed by atoms with van der Waals surface area (Å²) in [4.78, 5) is 10.1. The van der Waals surface area contributed by atoms with Crippen molar-refractivity contribution >= 4 is 76.1 Å². The predicted octanol–water partition coefficient (Wildman–Crippen LogP) is 20.8. The number of rotatable bonds is 9. The van der Waals surface area contributed by atoms with Gasteiger partial charge in [-0.3, -0.25) is 4.57 Å². The van der Waals surface area contributed by atoms with E-state index in [2.05, 4.69) is 292 Å². The molecule has 0 saturated carbocycles. The van der Waals surface area contributed by atoms with Crippen LogP contribution in [0.1, 0.15) is 52.7 Å². The molecule has 80 heavy (non-hydrogen) atoms. The van der Waals surface area contributed by atoms with Gasteiger partial charge in [0.1, 0.15) is 24.0 Å². The fourth-order valence-corrected chi connectivity index (χ4v) is 13.1. The summed E-state index contributed by atoms with van der Waals surface area (Å²) in [6.07, 6.45) is 1.96. The van der Waals surface area contributed by atoms with Crippen molar-refractivity contribution in [1.29, 1.82) is 0 Å². The lowest BCUT2D eigenvalue weighted by Crippen LogP contribution is -2.25. The number of ether oxygens (including phenoxy) is 1. The van der Waals surface area contributed by atoms with Gasteiger partial charge in [-0.15, -0.1) is 11.3 Å². The van der Waals surface area contributed by atoms with Crippen molar-refractivity contribution in [1.82, 2.24) is 9.55 Å². The maximum absolute atomic E-state index is 7.01. The van der Waals surface area contributed by atoms with Crippen molar-refractivity contribution in [3.05, 3.63) is 254 Å². The molecule has 0 spiro atoms. The second-order valence-corrected chi connectivity index (χ2v) is 24.3. The number of nitrogens with zero attached hydrogens (tertiary/aromatic N) is 4. The Morgan fingerprint density at radius 1 is 0.450 bits per heavy atom. The normalized spacial score (nSPS) is 12.8. The van der Waals surface area contributed by atoms with Gasteiger partial charge in [0.25, 0.3) is 0 Å². The van der Waals surface area contributed by atoms with E-state index in [1.807, 2.05) is 17.5 Å². The molecular formula is C74H60N4OS. The van der Waals surface area contributed by atoms with Crippen molar-refractivity contribution in [2.75, 3.05) is 16.5 Å². The molecule has 0 fully saturated rings. The third kappa shape index (κ3) is 8.68. The van der Waals surface area contributed by atoms with Crippen molar-refractivity contribution < 1.29 is 4.74 Å². The van der Waals surface area contributed by atoms with E-state index < -0.39 is 0 Å². The first kappa shape index (κ1) is 49.1. The van der Waals surface area contributed by atoms with E-state index in [9.17, 15) is 0 Å². The minimum absolute atomic E-state index is 0.0558. The van der Waals surface area contributed by atoms with Crippen LogP contribution in [0.4, 0.5) is 22.7 Å². The molecule has 0 radical (unpaired) electrons. The van der Waals surface area contributed by atoms with Gasteiger partial charge in [-0.05, 0) is 145 Å². The van der Waals surface area contributed by atoms with Gasteiger partial charge in [0.15, 0.2) is 0 Å². The first-order valence-corrected chi connectivity index (χ1v) is 28.5. The summed E-state index contributed by atoms with van der Waals surface area (Å²) >= 11 is 1.85. The molecule has 0 saturated heterocycles. The molecule has 10 aromatic carbocycles. The van der Waals surface area contributed by atoms with Gasteiger partial charge in [-0.25, -0.2) is 4.98 Å². The zero-order valence-corrected chi connectivity index (χ0v) is 46.7. The zero-order valence-electron chi connectivity index (χ0n) is 45.9. The number of pyridine rings is 1. The van der Waals surface area contributed by atoms with Gasteiger partial charge < -0.3 is 14.5 Å². The van der Waals surface area contributed by atoms with Crippen LogP contribution >= 0.6 is 11.3 Å². The Morgan fingerprint density at radius 2 is 1.04 bits per heavy atom. The highest BCUT2D eigenvalue weighted by Gasteiger charge is 2.33. The molecule has 3 aromatic heterocycles. The monoisotopic (exact) mass is 1050 g/mol. The van der Waals surface area contributed by atoms with Gasteiger partial charge in [-0.1, -0.05) is 187 Å². The summed E-state index contributed by atoms with van der Waals surface area (Å²) in [6.45, 7) is 14.3. The van der Waals surface area contributed by atoms with E-state index >= 15 is 0 Å². The SMILES string of the molecule is CC(C)(C)c1ccnc(-n2c3cc(Oc4cccc(N5CN(c6c(-c7cccc(-c8ccccc8)c7)cc(C(C)(C)C)cc6-c6cccc(-c7ccccc7)c6)c6ccccc65)c4)ccc3c3sc4ccc5ccccc5c4c32)c1. The number of aromatic nitrogens is 2. The maximum atomic E-state index is 7.01. The van der Waals surface area contributed by atoms with E-state index in [4.69, 9.17) is 9.72 Å².